The minimum Gasteiger partial charge on any atom is -0.345 e. The van der Waals surface area contributed by atoms with Gasteiger partial charge in [0.1, 0.15) is 0 Å². The van der Waals surface area contributed by atoms with Crippen LogP contribution in [0.15, 0.2) is 29.2 Å². The lowest BCUT2D eigenvalue weighted by atomic mass is 10.2. The van der Waals surface area contributed by atoms with E-state index in [0.717, 1.165) is 12.8 Å². The van der Waals surface area contributed by atoms with E-state index in [0.29, 0.717) is 12.1 Å². The van der Waals surface area contributed by atoms with Crippen LogP contribution in [-0.4, -0.2) is 45.1 Å². The molecule has 0 fully saturated rings. The van der Waals surface area contributed by atoms with E-state index < -0.39 is 10.0 Å². The highest BCUT2D eigenvalue weighted by Gasteiger charge is 2.17. The molecule has 0 aliphatic rings. The summed E-state index contributed by atoms with van der Waals surface area (Å²) in [6.45, 7) is 3.75. The van der Waals surface area contributed by atoms with Crippen molar-refractivity contribution in [1.29, 1.82) is 0 Å². The van der Waals surface area contributed by atoms with Crippen LogP contribution in [0.4, 0.5) is 0 Å². The minimum absolute atomic E-state index is 0.0292. The second kappa shape index (κ2) is 8.05. The van der Waals surface area contributed by atoms with Gasteiger partial charge in [0.25, 0.3) is 0 Å². The van der Waals surface area contributed by atoms with Gasteiger partial charge in [-0.3, -0.25) is 9.59 Å². The number of nitrogens with zero attached hydrogens (tertiary/aromatic N) is 1. The number of rotatable bonds is 8. The molecule has 0 unspecified atom stereocenters. The number of benzene rings is 1. The molecule has 0 spiro atoms. The molecule has 1 rings (SSSR count). The van der Waals surface area contributed by atoms with Crippen LogP contribution in [-0.2, 0) is 14.8 Å². The lowest BCUT2D eigenvalue weighted by molar-refractivity contribution is -0.128. The molecular weight excluding hydrogens is 304 g/mol. The van der Waals surface area contributed by atoms with Crippen LogP contribution in [0.3, 0.4) is 0 Å². The number of ketones is 1. The number of nitrogens with one attached hydrogen (secondary N) is 1. The quantitative estimate of drug-likeness (QED) is 0.733. The largest absolute Gasteiger partial charge is 0.345 e. The first-order valence-corrected chi connectivity index (χ1v) is 8.61. The summed E-state index contributed by atoms with van der Waals surface area (Å²) in [7, 11) is -2.11. The molecule has 6 nitrogen and oxygen atoms in total. The number of unbranched alkanes of at least 4 members (excludes halogenated alkanes) is 1. The van der Waals surface area contributed by atoms with Gasteiger partial charge in [-0.1, -0.05) is 25.5 Å². The second-order valence-electron chi connectivity index (χ2n) is 5.07. The van der Waals surface area contributed by atoms with E-state index in [9.17, 15) is 18.0 Å². The number of amides is 1. The molecule has 1 N–H and O–H groups in total. The number of carbonyl (C=O) groups is 2. The third-order valence-corrected chi connectivity index (χ3v) is 4.67. The maximum Gasteiger partial charge on any atom is 0.241 e. The number of Topliss-reactive ketones (excluding diaryl/α,β-unsaturated/α-hetero) is 1. The van der Waals surface area contributed by atoms with Crippen LogP contribution < -0.4 is 4.72 Å². The van der Waals surface area contributed by atoms with Crippen LogP contribution in [0, 0.1) is 0 Å². The van der Waals surface area contributed by atoms with Gasteiger partial charge in [0.15, 0.2) is 5.78 Å². The van der Waals surface area contributed by atoms with Crippen LogP contribution >= 0.6 is 0 Å². The normalized spacial score (nSPS) is 11.2. The molecular formula is C15H22N2O4S. The summed E-state index contributed by atoms with van der Waals surface area (Å²) in [4.78, 5) is 24.5. The summed E-state index contributed by atoms with van der Waals surface area (Å²) < 4.78 is 26.5. The van der Waals surface area contributed by atoms with Crippen molar-refractivity contribution < 1.29 is 18.0 Å². The molecule has 0 radical (unpaired) electrons. The minimum atomic E-state index is -3.76. The standard InChI is InChI=1S/C15H22N2O4S/c1-4-5-10-17(3)15(19)11-16-22(20,21)14-8-6-13(7-9-14)12(2)18/h6-9,16H,4-5,10-11H2,1-3H3. The second-order valence-corrected chi connectivity index (χ2v) is 6.84. The smallest absolute Gasteiger partial charge is 0.241 e. The Labute approximate surface area is 131 Å². The first-order chi connectivity index (χ1) is 10.3. The molecule has 0 saturated carbocycles. The highest BCUT2D eigenvalue weighted by molar-refractivity contribution is 7.89. The van der Waals surface area contributed by atoms with Crippen molar-refractivity contribution in [2.45, 2.75) is 31.6 Å². The number of carbonyl (C=O) groups excluding carboxylic acids is 2. The van der Waals surface area contributed by atoms with E-state index in [1.54, 1.807) is 7.05 Å². The average molecular weight is 326 g/mol. The summed E-state index contributed by atoms with van der Waals surface area (Å²) in [5.41, 5.74) is 0.439. The van der Waals surface area contributed by atoms with Gasteiger partial charge in [-0.25, -0.2) is 13.1 Å². The maximum absolute atomic E-state index is 12.1. The Kier molecular flexibility index (Phi) is 6.70. The SMILES string of the molecule is CCCCN(C)C(=O)CNS(=O)(=O)c1ccc(C(C)=O)cc1. The van der Waals surface area contributed by atoms with Gasteiger partial charge in [-0.05, 0) is 25.5 Å². The maximum atomic E-state index is 12.1. The van der Waals surface area contributed by atoms with Crippen LogP contribution in [0.25, 0.3) is 0 Å². The summed E-state index contributed by atoms with van der Waals surface area (Å²) in [5, 5.41) is 0. The third-order valence-electron chi connectivity index (χ3n) is 3.26. The summed E-state index contributed by atoms with van der Waals surface area (Å²) in [6.07, 6.45) is 1.84. The summed E-state index contributed by atoms with van der Waals surface area (Å²) in [5.74, 6) is -0.415. The molecule has 0 bridgehead atoms. The van der Waals surface area contributed by atoms with Crippen LogP contribution in [0.1, 0.15) is 37.0 Å². The zero-order chi connectivity index (χ0) is 16.8. The van der Waals surface area contributed by atoms with Crippen LogP contribution in [0.5, 0.6) is 0 Å². The number of hydrogen-bond donors (Lipinski definition) is 1. The molecule has 0 aromatic heterocycles. The Morgan fingerprint density at radius 2 is 1.77 bits per heavy atom. The van der Waals surface area contributed by atoms with Crippen molar-refractivity contribution in [3.8, 4) is 0 Å². The molecule has 22 heavy (non-hydrogen) atoms. The van der Waals surface area contributed by atoms with E-state index in [1.165, 1.54) is 36.1 Å². The molecule has 0 saturated heterocycles. The van der Waals surface area contributed by atoms with E-state index in [4.69, 9.17) is 0 Å². The van der Waals surface area contributed by atoms with Gasteiger partial charge in [-0.15, -0.1) is 0 Å². The van der Waals surface area contributed by atoms with Crippen molar-refractivity contribution in [2.75, 3.05) is 20.1 Å². The summed E-state index contributed by atoms with van der Waals surface area (Å²) in [6, 6.07) is 5.60. The molecule has 1 aromatic rings. The van der Waals surface area contributed by atoms with Gasteiger partial charge < -0.3 is 4.90 Å². The Balaban J connectivity index is 2.67. The third kappa shape index (κ3) is 5.23. The van der Waals surface area contributed by atoms with Crippen molar-refractivity contribution in [3.05, 3.63) is 29.8 Å². The first kappa shape index (κ1) is 18.3. The van der Waals surface area contributed by atoms with E-state index in [-0.39, 0.29) is 23.1 Å². The molecule has 122 valence electrons. The topological polar surface area (TPSA) is 83.6 Å². The van der Waals surface area contributed by atoms with Gasteiger partial charge in [0.05, 0.1) is 11.4 Å². The molecule has 0 heterocycles. The first-order valence-electron chi connectivity index (χ1n) is 7.12. The van der Waals surface area contributed by atoms with Gasteiger partial charge in [-0.2, -0.15) is 0 Å². The molecule has 0 atom stereocenters. The monoisotopic (exact) mass is 326 g/mol. The van der Waals surface area contributed by atoms with E-state index >= 15 is 0 Å². The lowest BCUT2D eigenvalue weighted by Crippen LogP contribution is -2.38. The van der Waals surface area contributed by atoms with E-state index in [1.807, 2.05) is 6.92 Å². The van der Waals surface area contributed by atoms with Gasteiger partial charge in [0, 0.05) is 19.2 Å². The summed E-state index contributed by atoms with van der Waals surface area (Å²) >= 11 is 0. The Hall–Kier alpha value is -1.73. The Morgan fingerprint density at radius 3 is 2.27 bits per heavy atom. The molecule has 1 amide bonds. The molecule has 7 heteroatoms. The fourth-order valence-electron chi connectivity index (χ4n) is 1.76. The molecule has 1 aromatic carbocycles. The zero-order valence-electron chi connectivity index (χ0n) is 13.1. The Morgan fingerprint density at radius 1 is 1.18 bits per heavy atom. The van der Waals surface area contributed by atoms with Crippen molar-refractivity contribution in [3.63, 3.8) is 0 Å². The molecule has 0 aliphatic carbocycles. The predicted octanol–water partition coefficient (Wildman–Crippen LogP) is 1.43. The van der Waals surface area contributed by atoms with Gasteiger partial charge in [0.2, 0.25) is 15.9 Å². The number of likely N-dealkylation sites (N-methyl/N-ethyl adjacent to an activating group) is 1. The Bertz CT molecular complexity index is 623. The highest BCUT2D eigenvalue weighted by Crippen LogP contribution is 2.10. The predicted molar refractivity (Wildman–Crippen MR) is 84.2 cm³/mol. The number of hydrogen-bond acceptors (Lipinski definition) is 4. The number of sulfonamides is 1. The lowest BCUT2D eigenvalue weighted by Gasteiger charge is -2.17. The highest BCUT2D eigenvalue weighted by atomic mass is 32.2. The van der Waals surface area contributed by atoms with E-state index in [2.05, 4.69) is 4.72 Å². The van der Waals surface area contributed by atoms with Crippen molar-refractivity contribution in [1.82, 2.24) is 9.62 Å². The zero-order valence-corrected chi connectivity index (χ0v) is 13.9. The van der Waals surface area contributed by atoms with Crippen molar-refractivity contribution in [2.24, 2.45) is 0 Å². The van der Waals surface area contributed by atoms with Gasteiger partial charge >= 0.3 is 0 Å². The van der Waals surface area contributed by atoms with Crippen LogP contribution in [0.2, 0.25) is 0 Å². The fourth-order valence-corrected chi connectivity index (χ4v) is 2.74. The fraction of sp³-hybridized carbons (Fsp3) is 0.467. The average Bonchev–Trinajstić information content (AvgIpc) is 2.50. The molecule has 0 aliphatic heterocycles. The van der Waals surface area contributed by atoms with Crippen molar-refractivity contribution >= 4 is 21.7 Å².